The Morgan fingerprint density at radius 2 is 1.59 bits per heavy atom. The van der Waals surface area contributed by atoms with Crippen molar-refractivity contribution in [2.24, 2.45) is 0 Å². The second-order valence-electron chi connectivity index (χ2n) is 8.42. The van der Waals surface area contributed by atoms with E-state index in [2.05, 4.69) is 23.5 Å². The number of carbonyl (C=O) groups is 2. The molecule has 1 unspecified atom stereocenters. The van der Waals surface area contributed by atoms with E-state index >= 15 is 0 Å². The number of nitrogens with one attached hydrogen (secondary N) is 1. The van der Waals surface area contributed by atoms with Crippen molar-refractivity contribution >= 4 is 23.6 Å². The van der Waals surface area contributed by atoms with E-state index in [0.29, 0.717) is 31.7 Å². The third-order valence-electron chi connectivity index (χ3n) is 5.58. The monoisotopic (exact) mass is 474 g/mol. The molecule has 0 spiro atoms. The van der Waals surface area contributed by atoms with Gasteiger partial charge >= 0.3 is 0 Å². The normalized spacial score (nSPS) is 11.6. The Morgan fingerprint density at radius 3 is 2.26 bits per heavy atom. The summed E-state index contributed by atoms with van der Waals surface area (Å²) < 4.78 is 0. The summed E-state index contributed by atoms with van der Waals surface area (Å²) in [5.41, 5.74) is 3.21. The topological polar surface area (TPSA) is 49.4 Å². The minimum Gasteiger partial charge on any atom is -0.354 e. The zero-order valence-electron chi connectivity index (χ0n) is 20.1. The zero-order chi connectivity index (χ0) is 24.2. The first-order valence-corrected chi connectivity index (χ1v) is 12.9. The van der Waals surface area contributed by atoms with Gasteiger partial charge in [-0.2, -0.15) is 0 Å². The fourth-order valence-electron chi connectivity index (χ4n) is 3.84. The highest BCUT2D eigenvalue weighted by Crippen LogP contribution is 2.21. The summed E-state index contributed by atoms with van der Waals surface area (Å²) in [5, 5.41) is 3.03. The van der Waals surface area contributed by atoms with Crippen LogP contribution in [0.15, 0.2) is 89.8 Å². The largest absolute Gasteiger partial charge is 0.354 e. The molecule has 3 rings (SSSR count). The van der Waals surface area contributed by atoms with Gasteiger partial charge in [-0.05, 0) is 36.6 Å². The number of aryl methyl sites for hydroxylation is 1. The molecule has 0 aliphatic carbocycles. The fraction of sp³-hybridized carbons (Fsp3) is 0.310. The number of hydrogen-bond acceptors (Lipinski definition) is 3. The highest BCUT2D eigenvalue weighted by Gasteiger charge is 2.30. The Morgan fingerprint density at radius 1 is 0.912 bits per heavy atom. The van der Waals surface area contributed by atoms with Crippen LogP contribution < -0.4 is 5.32 Å². The molecule has 0 bridgehead atoms. The van der Waals surface area contributed by atoms with E-state index in [0.717, 1.165) is 28.0 Å². The van der Waals surface area contributed by atoms with Crippen LogP contribution in [0.5, 0.6) is 0 Å². The van der Waals surface area contributed by atoms with E-state index in [9.17, 15) is 9.59 Å². The maximum Gasteiger partial charge on any atom is 0.243 e. The molecule has 0 aliphatic heterocycles. The maximum absolute atomic E-state index is 13.6. The van der Waals surface area contributed by atoms with Gasteiger partial charge in [0.2, 0.25) is 11.8 Å². The highest BCUT2D eigenvalue weighted by molar-refractivity contribution is 7.99. The van der Waals surface area contributed by atoms with Crippen molar-refractivity contribution in [1.29, 1.82) is 0 Å². The molecular weight excluding hydrogens is 440 g/mol. The summed E-state index contributed by atoms with van der Waals surface area (Å²) in [5.74, 6) is 0.571. The van der Waals surface area contributed by atoms with Gasteiger partial charge in [0.05, 0.1) is 0 Å². The van der Waals surface area contributed by atoms with Crippen molar-refractivity contribution in [3.8, 4) is 0 Å². The first-order chi connectivity index (χ1) is 16.6. The van der Waals surface area contributed by atoms with Crippen molar-refractivity contribution in [2.75, 3.05) is 12.3 Å². The number of benzene rings is 3. The molecule has 1 N–H and O–H groups in total. The van der Waals surface area contributed by atoms with Crippen molar-refractivity contribution in [2.45, 2.75) is 50.6 Å². The molecule has 34 heavy (non-hydrogen) atoms. The third-order valence-corrected chi connectivity index (χ3v) is 6.60. The smallest absolute Gasteiger partial charge is 0.243 e. The Balaban J connectivity index is 1.83. The van der Waals surface area contributed by atoms with Crippen molar-refractivity contribution in [3.05, 3.63) is 102 Å². The lowest BCUT2D eigenvalue weighted by atomic mass is 10.0. The average molecular weight is 475 g/mol. The first-order valence-electron chi connectivity index (χ1n) is 11.9. The minimum absolute atomic E-state index is 0.00230. The fourth-order valence-corrected chi connectivity index (χ4v) is 4.71. The molecule has 0 fully saturated rings. The van der Waals surface area contributed by atoms with Gasteiger partial charge in [0.15, 0.2) is 0 Å². The Labute approximate surface area is 207 Å². The van der Waals surface area contributed by atoms with Crippen LogP contribution in [-0.4, -0.2) is 35.1 Å². The number of rotatable bonds is 12. The molecule has 5 heteroatoms. The molecule has 0 saturated heterocycles. The van der Waals surface area contributed by atoms with Gasteiger partial charge in [0.25, 0.3) is 0 Å². The molecule has 3 aromatic carbocycles. The molecule has 2 amide bonds. The van der Waals surface area contributed by atoms with Gasteiger partial charge in [-0.25, -0.2) is 0 Å². The summed E-state index contributed by atoms with van der Waals surface area (Å²) in [4.78, 5) is 29.8. The van der Waals surface area contributed by atoms with Crippen LogP contribution in [0.2, 0.25) is 0 Å². The Kier molecular flexibility index (Phi) is 10.2. The van der Waals surface area contributed by atoms with E-state index in [1.54, 1.807) is 16.7 Å². The number of nitrogens with zero attached hydrogens (tertiary/aromatic N) is 1. The zero-order valence-corrected chi connectivity index (χ0v) is 20.9. The molecule has 178 valence electrons. The highest BCUT2D eigenvalue weighted by atomic mass is 32.2. The van der Waals surface area contributed by atoms with Crippen molar-refractivity contribution < 1.29 is 9.59 Å². The molecular formula is C29H34N2O2S. The van der Waals surface area contributed by atoms with Crippen molar-refractivity contribution in [3.63, 3.8) is 0 Å². The van der Waals surface area contributed by atoms with Crippen LogP contribution in [0.25, 0.3) is 0 Å². The number of amides is 2. The van der Waals surface area contributed by atoms with Crippen LogP contribution in [0.4, 0.5) is 0 Å². The van der Waals surface area contributed by atoms with E-state index in [1.807, 2.05) is 80.6 Å². The number of carbonyl (C=O) groups excluding carboxylic acids is 2. The molecule has 4 nitrogen and oxygen atoms in total. The third kappa shape index (κ3) is 8.07. The van der Waals surface area contributed by atoms with Gasteiger partial charge in [-0.15, -0.1) is 11.8 Å². The first kappa shape index (κ1) is 25.6. The standard InChI is InChI=1S/C29H34N2O2S/c1-3-18-30-29(33)27(21-24-12-6-4-7-13-24)31(22-25-14-10-11-23(2)20-25)28(32)17-19-34-26-15-8-5-9-16-26/h4-16,20,27H,3,17-19,21-22H2,1-2H3,(H,30,33). The van der Waals surface area contributed by atoms with E-state index in [4.69, 9.17) is 0 Å². The predicted molar refractivity (Wildman–Crippen MR) is 141 cm³/mol. The lowest BCUT2D eigenvalue weighted by Crippen LogP contribution is -2.50. The lowest BCUT2D eigenvalue weighted by molar-refractivity contribution is -0.141. The summed E-state index contributed by atoms with van der Waals surface area (Å²) >= 11 is 1.66. The van der Waals surface area contributed by atoms with Gasteiger partial charge in [0.1, 0.15) is 6.04 Å². The molecule has 3 aromatic rings. The van der Waals surface area contributed by atoms with Crippen molar-refractivity contribution in [1.82, 2.24) is 10.2 Å². The van der Waals surface area contributed by atoms with Crippen LogP contribution in [0.3, 0.4) is 0 Å². The molecule has 0 radical (unpaired) electrons. The number of hydrogen-bond donors (Lipinski definition) is 1. The van der Waals surface area contributed by atoms with Crippen LogP contribution in [0.1, 0.15) is 36.5 Å². The summed E-state index contributed by atoms with van der Waals surface area (Å²) in [6.45, 7) is 5.08. The molecule has 0 saturated carbocycles. The van der Waals surface area contributed by atoms with Gasteiger partial charge < -0.3 is 10.2 Å². The maximum atomic E-state index is 13.6. The Bertz CT molecular complexity index is 1040. The Hall–Kier alpha value is -3.05. The van der Waals surface area contributed by atoms with Gasteiger partial charge in [0, 0.05) is 36.6 Å². The lowest BCUT2D eigenvalue weighted by Gasteiger charge is -2.31. The minimum atomic E-state index is -0.566. The quantitative estimate of drug-likeness (QED) is 0.346. The van der Waals surface area contributed by atoms with E-state index in [1.165, 1.54) is 0 Å². The summed E-state index contributed by atoms with van der Waals surface area (Å²) in [6.07, 6.45) is 1.71. The van der Waals surface area contributed by atoms with Crippen LogP contribution in [0, 0.1) is 6.92 Å². The summed E-state index contributed by atoms with van der Waals surface area (Å²) in [7, 11) is 0. The SMILES string of the molecule is CCCNC(=O)C(Cc1ccccc1)N(Cc1cccc(C)c1)C(=O)CCSc1ccccc1. The molecule has 0 aliphatic rings. The van der Waals surface area contributed by atoms with Gasteiger partial charge in [-0.3, -0.25) is 9.59 Å². The number of thioether (sulfide) groups is 1. The summed E-state index contributed by atoms with van der Waals surface area (Å²) in [6, 6.07) is 27.6. The van der Waals surface area contributed by atoms with Gasteiger partial charge in [-0.1, -0.05) is 85.3 Å². The van der Waals surface area contributed by atoms with E-state index < -0.39 is 6.04 Å². The molecule has 0 aromatic heterocycles. The molecule has 1 atom stereocenters. The molecule has 0 heterocycles. The second kappa shape index (κ2) is 13.6. The second-order valence-corrected chi connectivity index (χ2v) is 9.59. The van der Waals surface area contributed by atoms with Crippen LogP contribution >= 0.6 is 11.8 Å². The van der Waals surface area contributed by atoms with E-state index in [-0.39, 0.29) is 11.8 Å². The predicted octanol–water partition coefficient (Wildman–Crippen LogP) is 5.64. The average Bonchev–Trinajstić information content (AvgIpc) is 2.86. The van der Waals surface area contributed by atoms with Crippen LogP contribution in [-0.2, 0) is 22.6 Å².